The average molecular weight is 427 g/mol. The maximum atomic E-state index is 12.8. The van der Waals surface area contributed by atoms with Gasteiger partial charge in [-0.15, -0.1) is 0 Å². The summed E-state index contributed by atoms with van der Waals surface area (Å²) in [6.07, 6.45) is 5.97. The third-order valence-corrected chi connectivity index (χ3v) is 6.07. The Kier molecular flexibility index (Phi) is 7.56. The zero-order chi connectivity index (χ0) is 21.5. The number of ether oxygens (including phenoxy) is 1. The Hall–Kier alpha value is -2.42. The molecule has 168 valence electrons. The van der Waals surface area contributed by atoms with Crippen molar-refractivity contribution in [2.75, 3.05) is 64.3 Å². The molecule has 0 bridgehead atoms. The molecule has 0 radical (unpaired) electrons. The van der Waals surface area contributed by atoms with Crippen LogP contribution in [0.4, 0.5) is 10.5 Å². The third kappa shape index (κ3) is 6.53. The van der Waals surface area contributed by atoms with E-state index >= 15 is 0 Å². The molecule has 0 saturated carbocycles. The van der Waals surface area contributed by atoms with Gasteiger partial charge in [-0.3, -0.25) is 14.5 Å². The minimum Gasteiger partial charge on any atom is -0.379 e. The molecule has 2 aromatic rings. The Morgan fingerprint density at radius 3 is 2.55 bits per heavy atom. The number of rotatable bonds is 6. The SMILES string of the molecule is Cn1cc(CN2CCCN(C(=O)Nc3ccc(CCN4CCOCC4)cc3)CC2)cn1. The number of anilines is 1. The van der Waals surface area contributed by atoms with E-state index in [2.05, 4.69) is 38.5 Å². The second-order valence-corrected chi connectivity index (χ2v) is 8.47. The fourth-order valence-electron chi connectivity index (χ4n) is 4.21. The Bertz CT molecular complexity index is 831. The number of aryl methyl sites for hydroxylation is 1. The molecule has 4 rings (SSSR count). The van der Waals surface area contributed by atoms with Gasteiger partial charge in [0.25, 0.3) is 0 Å². The van der Waals surface area contributed by atoms with Crippen molar-refractivity contribution in [2.24, 2.45) is 7.05 Å². The van der Waals surface area contributed by atoms with Crippen molar-refractivity contribution in [1.82, 2.24) is 24.5 Å². The number of urea groups is 1. The molecule has 2 fully saturated rings. The molecule has 1 aromatic heterocycles. The van der Waals surface area contributed by atoms with Crippen LogP contribution in [-0.4, -0.2) is 89.5 Å². The quantitative estimate of drug-likeness (QED) is 0.766. The first-order chi connectivity index (χ1) is 15.2. The number of nitrogens with zero attached hydrogens (tertiary/aromatic N) is 5. The summed E-state index contributed by atoms with van der Waals surface area (Å²) in [4.78, 5) is 19.5. The molecule has 2 aliphatic heterocycles. The lowest BCUT2D eigenvalue weighted by Crippen LogP contribution is -2.38. The van der Waals surface area contributed by atoms with Crippen LogP contribution < -0.4 is 5.32 Å². The van der Waals surface area contributed by atoms with Gasteiger partial charge in [0.05, 0.1) is 19.4 Å². The lowest BCUT2D eigenvalue weighted by atomic mass is 10.1. The van der Waals surface area contributed by atoms with Gasteiger partial charge in [-0.2, -0.15) is 5.10 Å². The van der Waals surface area contributed by atoms with Crippen LogP contribution >= 0.6 is 0 Å². The van der Waals surface area contributed by atoms with E-state index in [9.17, 15) is 4.79 Å². The highest BCUT2D eigenvalue weighted by Crippen LogP contribution is 2.14. The predicted molar refractivity (Wildman–Crippen MR) is 121 cm³/mol. The summed E-state index contributed by atoms with van der Waals surface area (Å²) >= 11 is 0. The van der Waals surface area contributed by atoms with E-state index in [0.717, 1.165) is 84.1 Å². The molecule has 8 heteroatoms. The summed E-state index contributed by atoms with van der Waals surface area (Å²) in [6.45, 7) is 9.04. The Morgan fingerprint density at radius 1 is 1.00 bits per heavy atom. The first-order valence-electron chi connectivity index (χ1n) is 11.3. The molecule has 0 spiro atoms. The van der Waals surface area contributed by atoms with E-state index in [1.165, 1.54) is 11.1 Å². The van der Waals surface area contributed by atoms with Gasteiger partial charge in [0.1, 0.15) is 0 Å². The van der Waals surface area contributed by atoms with Crippen LogP contribution in [0.2, 0.25) is 0 Å². The molecule has 3 heterocycles. The summed E-state index contributed by atoms with van der Waals surface area (Å²) in [6, 6.07) is 8.25. The Morgan fingerprint density at radius 2 is 1.81 bits per heavy atom. The van der Waals surface area contributed by atoms with Crippen molar-refractivity contribution in [3.05, 3.63) is 47.8 Å². The van der Waals surface area contributed by atoms with Crippen LogP contribution in [0.3, 0.4) is 0 Å². The number of amides is 2. The van der Waals surface area contributed by atoms with Crippen LogP contribution in [0.5, 0.6) is 0 Å². The van der Waals surface area contributed by atoms with Gasteiger partial charge in [-0.25, -0.2) is 4.79 Å². The number of nitrogens with one attached hydrogen (secondary N) is 1. The van der Waals surface area contributed by atoms with Crippen molar-refractivity contribution in [3.8, 4) is 0 Å². The van der Waals surface area contributed by atoms with E-state index in [1.807, 2.05) is 35.0 Å². The van der Waals surface area contributed by atoms with Gasteiger partial charge in [0.2, 0.25) is 0 Å². The molecule has 1 N–H and O–H groups in total. The number of morpholine rings is 1. The van der Waals surface area contributed by atoms with E-state index in [1.54, 1.807) is 0 Å². The first kappa shape index (κ1) is 21.8. The number of hydrogen-bond donors (Lipinski definition) is 1. The number of carbonyl (C=O) groups is 1. The second kappa shape index (κ2) is 10.7. The van der Waals surface area contributed by atoms with Crippen molar-refractivity contribution in [2.45, 2.75) is 19.4 Å². The van der Waals surface area contributed by atoms with Crippen LogP contribution in [0.25, 0.3) is 0 Å². The zero-order valence-corrected chi connectivity index (χ0v) is 18.5. The molecule has 2 saturated heterocycles. The van der Waals surface area contributed by atoms with Gasteiger partial charge >= 0.3 is 6.03 Å². The summed E-state index contributed by atoms with van der Waals surface area (Å²) < 4.78 is 7.24. The van der Waals surface area contributed by atoms with Gasteiger partial charge in [0.15, 0.2) is 0 Å². The standard InChI is InChI=1S/C23H34N6O2/c1-26-18-21(17-24-26)19-28-8-2-9-29(12-11-28)23(30)25-22-5-3-20(4-6-22)7-10-27-13-15-31-16-14-27/h3-6,17-18H,2,7-16,19H2,1H3,(H,25,30). The largest absolute Gasteiger partial charge is 0.379 e. The highest BCUT2D eigenvalue weighted by molar-refractivity contribution is 5.89. The fraction of sp³-hybridized carbons (Fsp3) is 0.565. The molecule has 2 amide bonds. The lowest BCUT2D eigenvalue weighted by molar-refractivity contribution is 0.0384. The predicted octanol–water partition coefficient (Wildman–Crippen LogP) is 2.03. The summed E-state index contributed by atoms with van der Waals surface area (Å²) in [5.41, 5.74) is 3.37. The lowest BCUT2D eigenvalue weighted by Gasteiger charge is -2.26. The normalized spacial score (nSPS) is 18.7. The Balaban J connectivity index is 1.22. The van der Waals surface area contributed by atoms with Crippen LogP contribution in [0.15, 0.2) is 36.7 Å². The third-order valence-electron chi connectivity index (χ3n) is 6.07. The minimum absolute atomic E-state index is 0.00991. The average Bonchev–Trinajstić information content (AvgIpc) is 3.05. The van der Waals surface area contributed by atoms with Crippen molar-refractivity contribution in [1.29, 1.82) is 0 Å². The second-order valence-electron chi connectivity index (χ2n) is 8.47. The van der Waals surface area contributed by atoms with E-state index in [-0.39, 0.29) is 6.03 Å². The highest BCUT2D eigenvalue weighted by Gasteiger charge is 2.19. The van der Waals surface area contributed by atoms with Crippen molar-refractivity contribution < 1.29 is 9.53 Å². The smallest absolute Gasteiger partial charge is 0.321 e. The van der Waals surface area contributed by atoms with E-state index in [4.69, 9.17) is 4.74 Å². The highest BCUT2D eigenvalue weighted by atomic mass is 16.5. The Labute approximate surface area is 184 Å². The van der Waals surface area contributed by atoms with Crippen LogP contribution in [0, 0.1) is 0 Å². The minimum atomic E-state index is -0.00991. The van der Waals surface area contributed by atoms with Gasteiger partial charge in [-0.05, 0) is 30.5 Å². The van der Waals surface area contributed by atoms with Crippen LogP contribution in [-0.2, 0) is 24.8 Å². The number of aromatic nitrogens is 2. The molecule has 2 aliphatic rings. The first-order valence-corrected chi connectivity index (χ1v) is 11.3. The summed E-state index contributed by atoms with van der Waals surface area (Å²) in [5, 5.41) is 7.31. The van der Waals surface area contributed by atoms with Gasteiger partial charge in [-0.1, -0.05) is 12.1 Å². The van der Waals surface area contributed by atoms with Crippen LogP contribution in [0.1, 0.15) is 17.5 Å². The van der Waals surface area contributed by atoms with Crippen molar-refractivity contribution >= 4 is 11.7 Å². The van der Waals surface area contributed by atoms with Crippen molar-refractivity contribution in [3.63, 3.8) is 0 Å². The van der Waals surface area contributed by atoms with E-state index < -0.39 is 0 Å². The fourth-order valence-corrected chi connectivity index (χ4v) is 4.21. The van der Waals surface area contributed by atoms with Gasteiger partial charge < -0.3 is 15.0 Å². The topological polar surface area (TPSA) is 65.9 Å². The molecule has 0 unspecified atom stereocenters. The molecular formula is C23H34N6O2. The maximum absolute atomic E-state index is 12.8. The molecular weight excluding hydrogens is 392 g/mol. The maximum Gasteiger partial charge on any atom is 0.321 e. The molecule has 8 nitrogen and oxygen atoms in total. The number of benzene rings is 1. The molecule has 0 atom stereocenters. The number of carbonyl (C=O) groups excluding carboxylic acids is 1. The summed E-state index contributed by atoms with van der Waals surface area (Å²) in [5.74, 6) is 0. The van der Waals surface area contributed by atoms with E-state index in [0.29, 0.717) is 0 Å². The number of hydrogen-bond acceptors (Lipinski definition) is 5. The molecule has 31 heavy (non-hydrogen) atoms. The van der Waals surface area contributed by atoms with Gasteiger partial charge in [0, 0.05) is 76.9 Å². The molecule has 0 aliphatic carbocycles. The summed E-state index contributed by atoms with van der Waals surface area (Å²) in [7, 11) is 1.94. The zero-order valence-electron chi connectivity index (χ0n) is 18.5. The monoisotopic (exact) mass is 426 g/mol. The molecule has 1 aromatic carbocycles.